The highest BCUT2D eigenvalue weighted by molar-refractivity contribution is 5.89. The van der Waals surface area contributed by atoms with Crippen molar-refractivity contribution >= 4 is 11.9 Å². The molecule has 7 N–H and O–H groups in total. The lowest BCUT2D eigenvalue weighted by atomic mass is 9.80. The second kappa shape index (κ2) is 14.6. The quantitative estimate of drug-likeness (QED) is 0.0712. The summed E-state index contributed by atoms with van der Waals surface area (Å²) in [6, 6.07) is 0. The summed E-state index contributed by atoms with van der Waals surface area (Å²) in [4.78, 5) is 25.5. The van der Waals surface area contributed by atoms with Crippen LogP contribution in [0.2, 0.25) is 0 Å². The first-order chi connectivity index (χ1) is 20.5. The zero-order valence-electron chi connectivity index (χ0n) is 24.1. The molecule has 3 unspecified atom stereocenters. The third-order valence-corrected chi connectivity index (χ3v) is 8.81. The minimum atomic E-state index is -3.06. The van der Waals surface area contributed by atoms with E-state index >= 15 is 0 Å². The molecule has 0 aromatic rings. The number of esters is 1. The number of likely N-dealkylation sites (tertiary alicyclic amines) is 1. The van der Waals surface area contributed by atoms with Crippen molar-refractivity contribution in [2.24, 2.45) is 23.7 Å². The number of carboxylic acids is 1. The number of rotatable bonds is 10. The van der Waals surface area contributed by atoms with Crippen LogP contribution >= 0.6 is 0 Å². The SMILES string of the molecule is COC(=O)C1=CO[C@@H](O[C@H]2O[C@H](CO)[C@@H](O)C(O)(O)[C@H]2O)[C@H](C=C2CCCC2)[C@@H]1C=CC1CC(C(=O)[O-])C[NH+](CCO)C1. The number of aliphatic hydroxyl groups excluding tert-OH is 4. The zero-order valence-corrected chi connectivity index (χ0v) is 24.1. The number of methoxy groups -OCH3 is 1. The number of hydrogen-bond donors (Lipinski definition) is 7. The van der Waals surface area contributed by atoms with E-state index in [1.807, 2.05) is 12.2 Å². The normalized spacial score (nSPS) is 37.9. The van der Waals surface area contributed by atoms with E-state index in [4.69, 9.17) is 18.9 Å². The molecule has 0 radical (unpaired) electrons. The number of aliphatic carboxylic acids is 1. The average Bonchev–Trinajstić information content (AvgIpc) is 3.50. The Morgan fingerprint density at radius 2 is 1.84 bits per heavy atom. The molecule has 4 aliphatic rings. The van der Waals surface area contributed by atoms with Crippen LogP contribution in [-0.2, 0) is 28.5 Å². The number of quaternary nitrogens is 1. The fraction of sp³-hybridized carbons (Fsp3) is 0.724. The summed E-state index contributed by atoms with van der Waals surface area (Å²) in [5.74, 6) is -7.19. The van der Waals surface area contributed by atoms with Crippen molar-refractivity contribution in [2.45, 2.75) is 68.8 Å². The van der Waals surface area contributed by atoms with Crippen molar-refractivity contribution in [1.29, 1.82) is 0 Å². The lowest BCUT2D eigenvalue weighted by molar-refractivity contribution is -0.911. The maximum Gasteiger partial charge on any atom is 0.337 e. The molecule has 43 heavy (non-hydrogen) atoms. The molecule has 14 heteroatoms. The molecule has 3 fully saturated rings. The number of carbonyl (C=O) groups excluding carboxylic acids is 2. The van der Waals surface area contributed by atoms with Crippen LogP contribution < -0.4 is 10.0 Å². The van der Waals surface area contributed by atoms with E-state index in [0.29, 0.717) is 26.1 Å². The Bertz CT molecular complexity index is 1070. The topological polar surface area (TPSA) is 220 Å². The molecule has 1 aliphatic carbocycles. The van der Waals surface area contributed by atoms with Gasteiger partial charge < -0.3 is 64.4 Å². The van der Waals surface area contributed by atoms with Crippen LogP contribution in [0, 0.1) is 23.7 Å². The number of hydrogen-bond acceptors (Lipinski definition) is 13. The summed E-state index contributed by atoms with van der Waals surface area (Å²) in [6.45, 7) is 0.397. The van der Waals surface area contributed by atoms with Gasteiger partial charge in [-0.25, -0.2) is 4.79 Å². The molecule has 4 rings (SSSR count). The summed E-state index contributed by atoms with van der Waals surface area (Å²) in [5, 5.41) is 72.2. The molecule has 1 saturated carbocycles. The third-order valence-electron chi connectivity index (χ3n) is 8.81. The number of aliphatic hydroxyl groups is 6. The van der Waals surface area contributed by atoms with E-state index in [2.05, 4.69) is 0 Å². The first-order valence-electron chi connectivity index (χ1n) is 14.7. The van der Waals surface area contributed by atoms with Gasteiger partial charge in [-0.05, 0) is 32.1 Å². The van der Waals surface area contributed by atoms with Gasteiger partial charge in [-0.15, -0.1) is 0 Å². The third kappa shape index (κ3) is 7.64. The van der Waals surface area contributed by atoms with Crippen LogP contribution in [0.15, 0.2) is 35.6 Å². The van der Waals surface area contributed by atoms with E-state index in [1.54, 1.807) is 6.08 Å². The molecular weight excluding hydrogens is 570 g/mol. The summed E-state index contributed by atoms with van der Waals surface area (Å²) in [5.41, 5.74) is 1.25. The summed E-state index contributed by atoms with van der Waals surface area (Å²) >= 11 is 0. The summed E-state index contributed by atoms with van der Waals surface area (Å²) < 4.78 is 22.2. The van der Waals surface area contributed by atoms with Gasteiger partial charge in [0.2, 0.25) is 12.1 Å². The van der Waals surface area contributed by atoms with Crippen molar-refractivity contribution in [3.8, 4) is 0 Å². The second-order valence-electron chi connectivity index (χ2n) is 11.8. The summed E-state index contributed by atoms with van der Waals surface area (Å²) in [6.07, 6.45) is 1.99. The second-order valence-corrected chi connectivity index (χ2v) is 11.8. The molecule has 0 aromatic heterocycles. The van der Waals surface area contributed by atoms with E-state index in [9.17, 15) is 45.3 Å². The van der Waals surface area contributed by atoms with Crippen LogP contribution in [0.1, 0.15) is 32.1 Å². The van der Waals surface area contributed by atoms with Crippen molar-refractivity contribution in [3.63, 3.8) is 0 Å². The number of nitrogens with one attached hydrogen (secondary N) is 1. The molecule has 10 atom stereocenters. The minimum absolute atomic E-state index is 0.0956. The van der Waals surface area contributed by atoms with E-state index in [1.165, 1.54) is 13.4 Å². The number of allylic oxidation sites excluding steroid dienone is 2. The molecular formula is C29H43NO13. The predicted octanol–water partition coefficient (Wildman–Crippen LogP) is -3.91. The van der Waals surface area contributed by atoms with E-state index in [0.717, 1.165) is 36.2 Å². The Morgan fingerprint density at radius 3 is 2.47 bits per heavy atom. The Kier molecular flexibility index (Phi) is 11.4. The molecule has 3 heterocycles. The molecule has 242 valence electrons. The Morgan fingerprint density at radius 1 is 1.12 bits per heavy atom. The van der Waals surface area contributed by atoms with E-state index < -0.39 is 73.0 Å². The Labute approximate surface area is 249 Å². The van der Waals surface area contributed by atoms with Gasteiger partial charge in [-0.1, -0.05) is 23.8 Å². The predicted molar refractivity (Wildman–Crippen MR) is 143 cm³/mol. The first-order valence-corrected chi connectivity index (χ1v) is 14.7. The van der Waals surface area contributed by atoms with Gasteiger partial charge in [-0.3, -0.25) is 0 Å². The zero-order chi connectivity index (χ0) is 31.3. The Balaban J connectivity index is 1.67. The monoisotopic (exact) mass is 613 g/mol. The highest BCUT2D eigenvalue weighted by Crippen LogP contribution is 2.39. The highest BCUT2D eigenvalue weighted by atomic mass is 16.8. The molecule has 3 aliphatic heterocycles. The first kappa shape index (κ1) is 33.5. The lowest BCUT2D eigenvalue weighted by Crippen LogP contribution is -3.15. The smallest absolute Gasteiger partial charge is 0.337 e. The van der Waals surface area contributed by atoms with Crippen LogP contribution in [0.3, 0.4) is 0 Å². The van der Waals surface area contributed by atoms with Crippen LogP contribution in [0.5, 0.6) is 0 Å². The largest absolute Gasteiger partial charge is 0.550 e. The van der Waals surface area contributed by atoms with E-state index in [-0.39, 0.29) is 18.1 Å². The molecule has 2 saturated heterocycles. The fourth-order valence-electron chi connectivity index (χ4n) is 6.44. The molecule has 0 aromatic carbocycles. The van der Waals surface area contributed by atoms with Gasteiger partial charge in [-0.2, -0.15) is 0 Å². The Hall–Kier alpha value is -2.40. The van der Waals surface area contributed by atoms with Gasteiger partial charge in [0.15, 0.2) is 12.4 Å². The van der Waals surface area contributed by atoms with Gasteiger partial charge in [0.1, 0.15) is 18.8 Å². The minimum Gasteiger partial charge on any atom is -0.550 e. The van der Waals surface area contributed by atoms with Crippen molar-refractivity contribution in [2.75, 3.05) is 40.0 Å². The van der Waals surface area contributed by atoms with Crippen LogP contribution in [0.4, 0.5) is 0 Å². The van der Waals surface area contributed by atoms with Crippen molar-refractivity contribution in [3.05, 3.63) is 35.6 Å². The van der Waals surface area contributed by atoms with Gasteiger partial charge in [0, 0.05) is 17.8 Å². The number of carbonyl (C=O) groups is 2. The molecule has 0 amide bonds. The number of carboxylic acid groups (broad SMARTS) is 1. The standard InChI is InChI=1S/C29H43NO13/c1-40-26(37)21-15-41-27(43-28-24(34)29(38,39)23(33)22(14-32)42-28)20(11-16-4-2-3-5-16)19(21)7-6-17-10-18(25(35)36)13-30(12-17)8-9-31/h6-7,11,15,17-20,22-24,27-28,31-34,38-39H,2-5,8-10,12-14H2,1H3,(H,35,36)/t17?,18?,19-,20+,22+,23+,24-,27-,28+/m0/s1. The van der Waals surface area contributed by atoms with Gasteiger partial charge >= 0.3 is 5.97 Å². The van der Waals surface area contributed by atoms with Crippen LogP contribution in [0.25, 0.3) is 0 Å². The maximum absolute atomic E-state index is 12.9. The number of piperidine rings is 1. The van der Waals surface area contributed by atoms with Gasteiger partial charge in [0.25, 0.3) is 0 Å². The van der Waals surface area contributed by atoms with Gasteiger partial charge in [0.05, 0.1) is 57.1 Å². The lowest BCUT2D eigenvalue weighted by Gasteiger charge is -2.46. The van der Waals surface area contributed by atoms with Crippen molar-refractivity contribution < 1.29 is 69.2 Å². The van der Waals surface area contributed by atoms with Crippen molar-refractivity contribution in [1.82, 2.24) is 0 Å². The molecule has 0 bridgehead atoms. The van der Waals surface area contributed by atoms with Crippen LogP contribution in [-0.4, -0.2) is 119 Å². The average molecular weight is 614 g/mol. The summed E-state index contributed by atoms with van der Waals surface area (Å²) in [7, 11) is 1.23. The molecule has 14 nitrogen and oxygen atoms in total. The number of ether oxygens (including phenoxy) is 4. The molecule has 0 spiro atoms. The maximum atomic E-state index is 12.9. The highest BCUT2D eigenvalue weighted by Gasteiger charge is 2.56. The fourth-order valence-corrected chi connectivity index (χ4v) is 6.44.